The molecular weight excluding hydrogens is 120 g/mol. The van der Waals surface area contributed by atoms with Gasteiger partial charge in [-0.2, -0.15) is 0 Å². The van der Waals surface area contributed by atoms with Crippen molar-refractivity contribution >= 4 is 0 Å². The van der Waals surface area contributed by atoms with Gasteiger partial charge in [-0.3, -0.25) is 0 Å². The molecule has 1 atom stereocenters. The third-order valence-electron chi connectivity index (χ3n) is 1.03. The summed E-state index contributed by atoms with van der Waals surface area (Å²) in [6, 6.07) is 0. The molecule has 1 heterocycles. The highest BCUT2D eigenvalue weighted by atomic mass is 16.6. The van der Waals surface area contributed by atoms with Crippen LogP contribution in [-0.4, -0.2) is 18.5 Å². The maximum atomic E-state index is 8.90. The molecule has 1 unspecified atom stereocenters. The van der Waals surface area contributed by atoms with Crippen molar-refractivity contribution in [1.29, 1.82) is 0 Å². The molecule has 0 bridgehead atoms. The van der Waals surface area contributed by atoms with E-state index in [0.717, 1.165) is 0 Å². The zero-order valence-corrected chi connectivity index (χ0v) is 5.07. The predicted molar refractivity (Wildman–Crippen MR) is 31.3 cm³/mol. The van der Waals surface area contributed by atoms with Gasteiger partial charge in [-0.15, -0.1) is 0 Å². The molecule has 0 aromatic carbocycles. The fourth-order valence-corrected chi connectivity index (χ4v) is 0.572. The van der Waals surface area contributed by atoms with Crippen LogP contribution in [0, 0.1) is 0 Å². The Morgan fingerprint density at radius 1 is 1.78 bits per heavy atom. The second-order valence-electron chi connectivity index (χ2n) is 1.59. The van der Waals surface area contributed by atoms with Crippen molar-refractivity contribution in [2.75, 3.05) is 7.11 Å². The van der Waals surface area contributed by atoms with Crippen molar-refractivity contribution in [3.05, 3.63) is 24.2 Å². The van der Waals surface area contributed by atoms with E-state index in [2.05, 4.69) is 4.74 Å². The van der Waals surface area contributed by atoms with Crippen LogP contribution in [0.4, 0.5) is 0 Å². The van der Waals surface area contributed by atoms with Crippen LogP contribution < -0.4 is 0 Å². The number of allylic oxidation sites excluding steroid dienone is 2. The van der Waals surface area contributed by atoms with Crippen molar-refractivity contribution in [3.8, 4) is 0 Å². The summed E-state index contributed by atoms with van der Waals surface area (Å²) >= 11 is 0. The summed E-state index contributed by atoms with van der Waals surface area (Å²) in [7, 11) is 1.48. The molecule has 3 heteroatoms. The van der Waals surface area contributed by atoms with Gasteiger partial charge in [0.1, 0.15) is 0 Å². The van der Waals surface area contributed by atoms with Crippen LogP contribution in [0.15, 0.2) is 24.2 Å². The Kier molecular flexibility index (Phi) is 1.75. The number of methoxy groups -OCH3 is 1. The number of rotatable bonds is 1. The number of aliphatic hydroxyl groups excluding tert-OH is 1. The summed E-state index contributed by atoms with van der Waals surface area (Å²) in [5.74, 6) is 0.428. The van der Waals surface area contributed by atoms with E-state index in [1.165, 1.54) is 13.4 Å². The van der Waals surface area contributed by atoms with E-state index in [1.54, 1.807) is 12.2 Å². The van der Waals surface area contributed by atoms with E-state index >= 15 is 0 Å². The predicted octanol–water partition coefficient (Wildman–Crippen LogP) is 0.379. The first kappa shape index (κ1) is 6.16. The first-order valence-corrected chi connectivity index (χ1v) is 2.59. The molecule has 0 aliphatic carbocycles. The van der Waals surface area contributed by atoms with Crippen LogP contribution in [-0.2, 0) is 9.47 Å². The lowest BCUT2D eigenvalue weighted by Gasteiger charge is -2.14. The van der Waals surface area contributed by atoms with Crippen LogP contribution in [0.2, 0.25) is 0 Å². The standard InChI is InChI=1S/C6H8O3/c1-8-5-3-2-4-9-6(5)7/h2-4,6-7H,1H3. The molecule has 0 fully saturated rings. The summed E-state index contributed by atoms with van der Waals surface area (Å²) in [5.41, 5.74) is 0. The molecule has 1 N–H and O–H groups in total. The Hall–Kier alpha value is -0.960. The lowest BCUT2D eigenvalue weighted by molar-refractivity contribution is -0.0571. The average Bonchev–Trinajstić information content (AvgIpc) is 1.89. The minimum Gasteiger partial charge on any atom is -0.494 e. The van der Waals surface area contributed by atoms with E-state index in [0.29, 0.717) is 5.76 Å². The minimum absolute atomic E-state index is 0.428. The molecule has 0 radical (unpaired) electrons. The summed E-state index contributed by atoms with van der Waals surface area (Å²) in [4.78, 5) is 0. The topological polar surface area (TPSA) is 38.7 Å². The Bertz CT molecular complexity index is 148. The third-order valence-corrected chi connectivity index (χ3v) is 1.03. The maximum Gasteiger partial charge on any atom is 0.255 e. The second kappa shape index (κ2) is 2.55. The van der Waals surface area contributed by atoms with Gasteiger partial charge in [0, 0.05) is 0 Å². The molecule has 0 aromatic rings. The lowest BCUT2D eigenvalue weighted by Crippen LogP contribution is -2.15. The fraction of sp³-hybridized carbons (Fsp3) is 0.333. The van der Waals surface area contributed by atoms with Crippen LogP contribution in [0.1, 0.15) is 0 Å². The van der Waals surface area contributed by atoms with E-state index in [-0.39, 0.29) is 0 Å². The van der Waals surface area contributed by atoms with Gasteiger partial charge in [0.25, 0.3) is 6.29 Å². The lowest BCUT2D eigenvalue weighted by atomic mass is 10.4. The molecule has 0 spiro atoms. The van der Waals surface area contributed by atoms with E-state index in [1.807, 2.05) is 0 Å². The van der Waals surface area contributed by atoms with Crippen molar-refractivity contribution in [2.24, 2.45) is 0 Å². The normalized spacial score (nSPS) is 24.7. The van der Waals surface area contributed by atoms with Crippen molar-refractivity contribution < 1.29 is 14.6 Å². The Balaban J connectivity index is 2.63. The summed E-state index contributed by atoms with van der Waals surface area (Å²) in [6.07, 6.45) is 3.78. The molecule has 0 amide bonds. The van der Waals surface area contributed by atoms with Gasteiger partial charge >= 0.3 is 0 Å². The fourth-order valence-electron chi connectivity index (χ4n) is 0.572. The molecule has 0 saturated carbocycles. The minimum atomic E-state index is -0.931. The molecule has 0 saturated heterocycles. The van der Waals surface area contributed by atoms with E-state index in [4.69, 9.17) is 9.84 Å². The Morgan fingerprint density at radius 2 is 2.56 bits per heavy atom. The number of hydrogen-bond donors (Lipinski definition) is 1. The van der Waals surface area contributed by atoms with Crippen molar-refractivity contribution in [2.45, 2.75) is 6.29 Å². The number of aliphatic hydroxyl groups is 1. The Morgan fingerprint density at radius 3 is 3.00 bits per heavy atom. The van der Waals surface area contributed by atoms with E-state index < -0.39 is 6.29 Å². The van der Waals surface area contributed by atoms with Crippen LogP contribution in [0.5, 0.6) is 0 Å². The van der Waals surface area contributed by atoms with Gasteiger partial charge in [-0.1, -0.05) is 0 Å². The third kappa shape index (κ3) is 1.23. The quantitative estimate of drug-likeness (QED) is 0.554. The van der Waals surface area contributed by atoms with E-state index in [9.17, 15) is 0 Å². The zero-order valence-electron chi connectivity index (χ0n) is 5.07. The SMILES string of the molecule is COC1=CC=COC1O. The molecule has 3 nitrogen and oxygen atoms in total. The van der Waals surface area contributed by atoms with Gasteiger partial charge in [0.2, 0.25) is 0 Å². The number of ether oxygens (including phenoxy) is 2. The smallest absolute Gasteiger partial charge is 0.255 e. The molecule has 1 aliphatic heterocycles. The molecule has 1 rings (SSSR count). The zero-order chi connectivity index (χ0) is 6.69. The average molecular weight is 128 g/mol. The highest BCUT2D eigenvalue weighted by Crippen LogP contribution is 2.09. The molecule has 50 valence electrons. The largest absolute Gasteiger partial charge is 0.494 e. The molecule has 9 heavy (non-hydrogen) atoms. The van der Waals surface area contributed by atoms with Crippen LogP contribution >= 0.6 is 0 Å². The highest BCUT2D eigenvalue weighted by molar-refractivity contribution is 5.11. The monoisotopic (exact) mass is 128 g/mol. The molecule has 0 aromatic heterocycles. The highest BCUT2D eigenvalue weighted by Gasteiger charge is 2.11. The van der Waals surface area contributed by atoms with Crippen molar-refractivity contribution in [1.82, 2.24) is 0 Å². The molecular formula is C6H8O3. The summed E-state index contributed by atoms with van der Waals surface area (Å²) in [6.45, 7) is 0. The summed E-state index contributed by atoms with van der Waals surface area (Å²) in [5, 5.41) is 8.90. The Labute approximate surface area is 53.2 Å². The van der Waals surface area contributed by atoms with Crippen LogP contribution in [0.3, 0.4) is 0 Å². The molecule has 1 aliphatic rings. The van der Waals surface area contributed by atoms with Gasteiger partial charge < -0.3 is 14.6 Å². The summed E-state index contributed by atoms with van der Waals surface area (Å²) < 4.78 is 9.40. The van der Waals surface area contributed by atoms with Gasteiger partial charge in [0.05, 0.1) is 13.4 Å². The number of hydrogen-bond acceptors (Lipinski definition) is 3. The van der Waals surface area contributed by atoms with Crippen molar-refractivity contribution in [3.63, 3.8) is 0 Å². The van der Waals surface area contributed by atoms with Gasteiger partial charge in [-0.25, -0.2) is 0 Å². The van der Waals surface area contributed by atoms with Gasteiger partial charge in [-0.05, 0) is 12.2 Å². The maximum absolute atomic E-state index is 8.90. The van der Waals surface area contributed by atoms with Crippen LogP contribution in [0.25, 0.3) is 0 Å². The van der Waals surface area contributed by atoms with Gasteiger partial charge in [0.15, 0.2) is 5.76 Å². The first-order valence-electron chi connectivity index (χ1n) is 2.59. The first-order chi connectivity index (χ1) is 4.34. The second-order valence-corrected chi connectivity index (χ2v) is 1.59.